The zero-order valence-corrected chi connectivity index (χ0v) is 12.2. The fourth-order valence-corrected chi connectivity index (χ4v) is 2.35. The Morgan fingerprint density at radius 2 is 1.75 bits per heavy atom. The average molecular weight is 311 g/mol. The number of hydrogen-bond acceptors (Lipinski definition) is 3. The van der Waals surface area contributed by atoms with Crippen LogP contribution in [0, 0.1) is 10.1 Å². The first-order valence-electron chi connectivity index (χ1n) is 5.94. The van der Waals surface area contributed by atoms with Crippen LogP contribution in [0.2, 0.25) is 10.0 Å². The van der Waals surface area contributed by atoms with Gasteiger partial charge in [0.1, 0.15) is 0 Å². The van der Waals surface area contributed by atoms with Crippen LogP contribution < -0.4 is 5.32 Å². The number of rotatable bonds is 4. The van der Waals surface area contributed by atoms with Gasteiger partial charge >= 0.3 is 0 Å². The van der Waals surface area contributed by atoms with Crippen molar-refractivity contribution in [2.45, 2.75) is 13.0 Å². The first-order chi connectivity index (χ1) is 9.49. The standard InChI is InChI=1S/C14H12Cl2N2O2/c1-9(10-4-2-5-11(8-10)18(19)20)17-14-12(15)6-3-7-13(14)16/h2-9,17H,1H3. The number of benzene rings is 2. The molecule has 0 bridgehead atoms. The third kappa shape index (κ3) is 3.21. The highest BCUT2D eigenvalue weighted by Gasteiger charge is 2.13. The van der Waals surface area contributed by atoms with Gasteiger partial charge in [-0.2, -0.15) is 0 Å². The molecule has 0 aliphatic heterocycles. The molecule has 0 amide bonds. The van der Waals surface area contributed by atoms with Gasteiger partial charge in [-0.3, -0.25) is 10.1 Å². The van der Waals surface area contributed by atoms with E-state index >= 15 is 0 Å². The zero-order valence-electron chi connectivity index (χ0n) is 10.6. The Kier molecular flexibility index (Phi) is 4.47. The van der Waals surface area contributed by atoms with Gasteiger partial charge in [0.05, 0.1) is 20.7 Å². The Morgan fingerprint density at radius 3 is 2.35 bits per heavy atom. The summed E-state index contributed by atoms with van der Waals surface area (Å²) in [4.78, 5) is 10.4. The number of nitro groups is 1. The molecule has 0 radical (unpaired) electrons. The highest BCUT2D eigenvalue weighted by molar-refractivity contribution is 6.39. The van der Waals surface area contributed by atoms with E-state index < -0.39 is 4.92 Å². The first-order valence-corrected chi connectivity index (χ1v) is 6.69. The summed E-state index contributed by atoms with van der Waals surface area (Å²) < 4.78 is 0. The maximum Gasteiger partial charge on any atom is 0.269 e. The zero-order chi connectivity index (χ0) is 14.7. The molecule has 0 spiro atoms. The lowest BCUT2D eigenvalue weighted by atomic mass is 10.1. The van der Waals surface area contributed by atoms with Crippen LogP contribution in [0.5, 0.6) is 0 Å². The van der Waals surface area contributed by atoms with E-state index in [9.17, 15) is 10.1 Å². The Balaban J connectivity index is 2.26. The Hall–Kier alpha value is -1.78. The number of nitrogens with one attached hydrogen (secondary N) is 1. The first kappa shape index (κ1) is 14.6. The highest BCUT2D eigenvalue weighted by Crippen LogP contribution is 2.33. The molecule has 0 aliphatic carbocycles. The van der Waals surface area contributed by atoms with Gasteiger partial charge < -0.3 is 5.32 Å². The average Bonchev–Trinajstić information content (AvgIpc) is 2.43. The molecule has 1 atom stereocenters. The topological polar surface area (TPSA) is 55.2 Å². The third-order valence-electron chi connectivity index (χ3n) is 2.90. The van der Waals surface area contributed by atoms with E-state index in [4.69, 9.17) is 23.2 Å². The number of halogens is 2. The molecule has 0 aromatic heterocycles. The fourth-order valence-electron chi connectivity index (χ4n) is 1.84. The van der Waals surface area contributed by atoms with E-state index in [2.05, 4.69) is 5.32 Å². The number of anilines is 1. The van der Waals surface area contributed by atoms with E-state index in [-0.39, 0.29) is 11.7 Å². The van der Waals surface area contributed by atoms with Gasteiger partial charge in [0.25, 0.3) is 5.69 Å². The van der Waals surface area contributed by atoms with Gasteiger partial charge in [0.2, 0.25) is 0 Å². The molecular weight excluding hydrogens is 299 g/mol. The molecule has 0 aliphatic rings. The van der Waals surface area contributed by atoms with Gasteiger partial charge in [0, 0.05) is 18.2 Å². The molecule has 4 nitrogen and oxygen atoms in total. The molecule has 0 saturated heterocycles. The minimum absolute atomic E-state index is 0.0569. The molecule has 0 saturated carbocycles. The number of hydrogen-bond donors (Lipinski definition) is 1. The van der Waals surface area contributed by atoms with Crippen LogP contribution in [-0.2, 0) is 0 Å². The molecule has 1 N–H and O–H groups in total. The molecule has 2 rings (SSSR count). The van der Waals surface area contributed by atoms with E-state index in [1.807, 2.05) is 13.0 Å². The van der Waals surface area contributed by atoms with Gasteiger partial charge in [-0.25, -0.2) is 0 Å². The molecule has 2 aromatic rings. The van der Waals surface area contributed by atoms with E-state index in [0.29, 0.717) is 15.7 Å². The fraction of sp³-hybridized carbons (Fsp3) is 0.143. The van der Waals surface area contributed by atoms with Gasteiger partial charge in [0.15, 0.2) is 0 Å². The normalized spacial score (nSPS) is 11.9. The van der Waals surface area contributed by atoms with Crippen molar-refractivity contribution in [3.05, 3.63) is 68.2 Å². The van der Waals surface area contributed by atoms with Crippen molar-refractivity contribution in [1.29, 1.82) is 0 Å². The molecule has 104 valence electrons. The van der Waals surface area contributed by atoms with Crippen LogP contribution in [0.15, 0.2) is 42.5 Å². The third-order valence-corrected chi connectivity index (χ3v) is 3.53. The smallest absolute Gasteiger partial charge is 0.269 e. The van der Waals surface area contributed by atoms with Crippen molar-refractivity contribution in [2.24, 2.45) is 0 Å². The van der Waals surface area contributed by atoms with Crippen LogP contribution in [0.25, 0.3) is 0 Å². The lowest BCUT2D eigenvalue weighted by molar-refractivity contribution is -0.384. The largest absolute Gasteiger partial charge is 0.376 e. The summed E-state index contributed by atoms with van der Waals surface area (Å²) >= 11 is 12.2. The summed E-state index contributed by atoms with van der Waals surface area (Å²) in [5.41, 5.74) is 1.46. The van der Waals surface area contributed by atoms with Crippen molar-refractivity contribution < 1.29 is 4.92 Å². The summed E-state index contributed by atoms with van der Waals surface area (Å²) in [5.74, 6) is 0. The second-order valence-electron chi connectivity index (χ2n) is 4.31. The highest BCUT2D eigenvalue weighted by atomic mass is 35.5. The lowest BCUT2D eigenvalue weighted by Gasteiger charge is -2.17. The molecule has 6 heteroatoms. The van der Waals surface area contributed by atoms with Crippen molar-refractivity contribution in [3.63, 3.8) is 0 Å². The molecule has 0 heterocycles. The van der Waals surface area contributed by atoms with Crippen molar-refractivity contribution in [1.82, 2.24) is 0 Å². The molecule has 0 fully saturated rings. The second-order valence-corrected chi connectivity index (χ2v) is 5.13. The van der Waals surface area contributed by atoms with E-state index in [1.165, 1.54) is 12.1 Å². The SMILES string of the molecule is CC(Nc1c(Cl)cccc1Cl)c1cccc([N+](=O)[O-])c1. The van der Waals surface area contributed by atoms with Crippen LogP contribution in [0.3, 0.4) is 0 Å². The van der Waals surface area contributed by atoms with Crippen LogP contribution in [0.1, 0.15) is 18.5 Å². The molecule has 2 aromatic carbocycles. The predicted molar refractivity (Wildman–Crippen MR) is 81.6 cm³/mol. The summed E-state index contributed by atoms with van der Waals surface area (Å²) in [5, 5.41) is 15.0. The van der Waals surface area contributed by atoms with E-state index in [0.717, 1.165) is 5.56 Å². The second kappa shape index (κ2) is 6.11. The minimum Gasteiger partial charge on any atom is -0.376 e. The van der Waals surface area contributed by atoms with Gasteiger partial charge in [-0.05, 0) is 24.6 Å². The number of non-ortho nitro benzene ring substituents is 1. The molecule has 1 unspecified atom stereocenters. The quantitative estimate of drug-likeness (QED) is 0.633. The summed E-state index contributed by atoms with van der Waals surface area (Å²) in [7, 11) is 0. The summed E-state index contributed by atoms with van der Waals surface area (Å²) in [6.07, 6.45) is 0. The molecule has 20 heavy (non-hydrogen) atoms. The minimum atomic E-state index is -0.418. The summed E-state index contributed by atoms with van der Waals surface area (Å²) in [6.45, 7) is 1.89. The number of para-hydroxylation sites is 1. The van der Waals surface area contributed by atoms with Crippen LogP contribution >= 0.6 is 23.2 Å². The van der Waals surface area contributed by atoms with Crippen molar-refractivity contribution in [3.8, 4) is 0 Å². The lowest BCUT2D eigenvalue weighted by Crippen LogP contribution is -2.07. The Labute approximate surface area is 126 Å². The number of nitrogens with zero attached hydrogens (tertiary/aromatic N) is 1. The summed E-state index contributed by atoms with van der Waals surface area (Å²) in [6, 6.07) is 11.5. The predicted octanol–water partition coefficient (Wildman–Crippen LogP) is 5.07. The van der Waals surface area contributed by atoms with Crippen LogP contribution in [-0.4, -0.2) is 4.92 Å². The Morgan fingerprint density at radius 1 is 1.15 bits per heavy atom. The van der Waals surface area contributed by atoms with Crippen LogP contribution in [0.4, 0.5) is 11.4 Å². The molecular formula is C14H12Cl2N2O2. The number of nitro benzene ring substituents is 1. The Bertz CT molecular complexity index is 627. The monoisotopic (exact) mass is 310 g/mol. The maximum absolute atomic E-state index is 10.8. The van der Waals surface area contributed by atoms with Gasteiger partial charge in [-0.15, -0.1) is 0 Å². The van der Waals surface area contributed by atoms with Crippen molar-refractivity contribution >= 4 is 34.6 Å². The van der Waals surface area contributed by atoms with Crippen molar-refractivity contribution in [2.75, 3.05) is 5.32 Å². The van der Waals surface area contributed by atoms with E-state index in [1.54, 1.807) is 24.3 Å². The maximum atomic E-state index is 10.8. The van der Waals surface area contributed by atoms with Gasteiger partial charge in [-0.1, -0.05) is 41.4 Å².